The van der Waals surface area contributed by atoms with Gasteiger partial charge < -0.3 is 5.32 Å². The quantitative estimate of drug-likeness (QED) is 0.842. The van der Waals surface area contributed by atoms with Gasteiger partial charge in [-0.15, -0.1) is 0 Å². The highest BCUT2D eigenvalue weighted by molar-refractivity contribution is 9.10. The van der Waals surface area contributed by atoms with Crippen LogP contribution in [0.4, 0.5) is 0 Å². The number of carbonyl (C=O) groups is 1. The van der Waals surface area contributed by atoms with Gasteiger partial charge in [-0.3, -0.25) is 4.79 Å². The molecule has 0 spiro atoms. The first-order chi connectivity index (χ1) is 6.66. The zero-order chi connectivity index (χ0) is 10.1. The molecule has 1 amide bonds. The second-order valence-electron chi connectivity index (χ2n) is 3.24. The van der Waals surface area contributed by atoms with Gasteiger partial charge in [0.2, 0.25) is 0 Å². The van der Waals surface area contributed by atoms with Crippen LogP contribution < -0.4 is 5.32 Å². The van der Waals surface area contributed by atoms with Crippen LogP contribution in [0.5, 0.6) is 0 Å². The molecule has 1 aliphatic rings. The van der Waals surface area contributed by atoms with Crippen LogP contribution in [0, 0.1) is 0 Å². The summed E-state index contributed by atoms with van der Waals surface area (Å²) in [5, 5.41) is 3.10. The van der Waals surface area contributed by atoms with Crippen molar-refractivity contribution in [2.75, 3.05) is 0 Å². The van der Waals surface area contributed by atoms with Crippen molar-refractivity contribution in [3.05, 3.63) is 27.5 Å². The number of rotatable bonds is 2. The van der Waals surface area contributed by atoms with Gasteiger partial charge in [0.25, 0.3) is 5.91 Å². The fourth-order valence-corrected chi connectivity index (χ4v) is 1.59. The molecule has 0 radical (unpaired) electrons. The minimum atomic E-state index is -0.147. The fraction of sp³-hybridized carbons (Fsp3) is 0.333. The fourth-order valence-electron chi connectivity index (χ4n) is 1.07. The molecule has 1 aromatic heterocycles. The topological polar surface area (TPSA) is 42.0 Å². The summed E-state index contributed by atoms with van der Waals surface area (Å²) in [6.45, 7) is 0. The maximum atomic E-state index is 11.6. The predicted octanol–water partition coefficient (Wildman–Crippen LogP) is 2.39. The number of halogens is 2. The average Bonchev–Trinajstić information content (AvgIpc) is 2.93. The van der Waals surface area contributed by atoms with Crippen LogP contribution in [0.25, 0.3) is 0 Å². The summed E-state index contributed by atoms with van der Waals surface area (Å²) in [5.41, 5.74) is 0.424. The van der Waals surface area contributed by atoms with Gasteiger partial charge in [-0.2, -0.15) is 0 Å². The van der Waals surface area contributed by atoms with Crippen molar-refractivity contribution >= 4 is 33.4 Å². The summed E-state index contributed by atoms with van der Waals surface area (Å²) in [6, 6.07) is 2.00. The van der Waals surface area contributed by atoms with E-state index >= 15 is 0 Å². The van der Waals surface area contributed by atoms with E-state index in [0.717, 1.165) is 17.3 Å². The molecule has 0 bridgehead atoms. The number of nitrogens with zero attached hydrogens (tertiary/aromatic N) is 1. The molecule has 1 N–H and O–H groups in total. The Hall–Kier alpha value is -0.610. The van der Waals surface area contributed by atoms with Gasteiger partial charge in [0.1, 0.15) is 5.15 Å². The summed E-state index contributed by atoms with van der Waals surface area (Å²) in [6.07, 6.45) is 3.69. The van der Waals surface area contributed by atoms with Crippen LogP contribution in [-0.2, 0) is 0 Å². The van der Waals surface area contributed by atoms with Crippen LogP contribution in [0.15, 0.2) is 16.7 Å². The Labute approximate surface area is 95.0 Å². The van der Waals surface area contributed by atoms with E-state index in [9.17, 15) is 4.79 Å². The zero-order valence-corrected chi connectivity index (χ0v) is 9.60. The Morgan fingerprint density at radius 2 is 2.36 bits per heavy atom. The van der Waals surface area contributed by atoms with Crippen LogP contribution >= 0.6 is 27.5 Å². The maximum Gasteiger partial charge on any atom is 0.254 e. The van der Waals surface area contributed by atoms with E-state index in [1.807, 2.05) is 0 Å². The van der Waals surface area contributed by atoms with Gasteiger partial charge in [0, 0.05) is 16.7 Å². The normalized spacial score (nSPS) is 15.3. The molecule has 0 atom stereocenters. The molecule has 0 aliphatic heterocycles. The van der Waals surface area contributed by atoms with Crippen molar-refractivity contribution in [1.29, 1.82) is 0 Å². The third-order valence-electron chi connectivity index (χ3n) is 1.96. The number of pyridine rings is 1. The molecule has 1 aliphatic carbocycles. The molecule has 1 fully saturated rings. The Morgan fingerprint density at radius 3 is 3.00 bits per heavy atom. The second-order valence-corrected chi connectivity index (χ2v) is 4.51. The smallest absolute Gasteiger partial charge is 0.254 e. The second kappa shape index (κ2) is 3.87. The van der Waals surface area contributed by atoms with Crippen molar-refractivity contribution in [3.63, 3.8) is 0 Å². The molecule has 5 heteroatoms. The van der Waals surface area contributed by atoms with Gasteiger partial charge in [-0.05, 0) is 34.8 Å². The molecule has 0 aromatic carbocycles. The van der Waals surface area contributed by atoms with Gasteiger partial charge in [0.05, 0.1) is 5.56 Å². The first-order valence-corrected chi connectivity index (χ1v) is 5.46. The highest BCUT2D eigenvalue weighted by Crippen LogP contribution is 2.22. The van der Waals surface area contributed by atoms with E-state index in [1.54, 1.807) is 12.3 Å². The van der Waals surface area contributed by atoms with Crippen LogP contribution in [0.3, 0.4) is 0 Å². The maximum absolute atomic E-state index is 11.6. The Kier molecular flexibility index (Phi) is 2.74. The SMILES string of the molecule is O=C(NC1CC1)c1cc(Br)cnc1Cl. The van der Waals surface area contributed by atoms with Crippen molar-refractivity contribution in [1.82, 2.24) is 10.3 Å². The van der Waals surface area contributed by atoms with Gasteiger partial charge >= 0.3 is 0 Å². The number of amides is 1. The Balaban J connectivity index is 2.20. The molecular weight excluding hydrogens is 267 g/mol. The molecule has 0 unspecified atom stereocenters. The third kappa shape index (κ3) is 2.25. The van der Waals surface area contributed by atoms with E-state index < -0.39 is 0 Å². The summed E-state index contributed by atoms with van der Waals surface area (Å²) >= 11 is 9.05. The number of hydrogen-bond acceptors (Lipinski definition) is 2. The summed E-state index contributed by atoms with van der Waals surface area (Å²) in [4.78, 5) is 15.5. The molecule has 14 heavy (non-hydrogen) atoms. The lowest BCUT2D eigenvalue weighted by atomic mass is 10.2. The first-order valence-electron chi connectivity index (χ1n) is 4.29. The van der Waals surface area contributed by atoms with Crippen molar-refractivity contribution in [2.24, 2.45) is 0 Å². The Morgan fingerprint density at radius 1 is 1.64 bits per heavy atom. The molecular formula is C9H8BrClN2O. The largest absolute Gasteiger partial charge is 0.349 e. The average molecular weight is 276 g/mol. The monoisotopic (exact) mass is 274 g/mol. The number of carbonyl (C=O) groups excluding carboxylic acids is 1. The van der Waals surface area contributed by atoms with Crippen molar-refractivity contribution < 1.29 is 4.79 Å². The molecule has 74 valence electrons. The highest BCUT2D eigenvalue weighted by atomic mass is 79.9. The molecule has 0 saturated heterocycles. The molecule has 1 heterocycles. The lowest BCUT2D eigenvalue weighted by molar-refractivity contribution is 0.0951. The molecule has 1 saturated carbocycles. The van der Waals surface area contributed by atoms with Gasteiger partial charge in [0.15, 0.2) is 0 Å². The van der Waals surface area contributed by atoms with E-state index in [0.29, 0.717) is 11.6 Å². The molecule has 3 nitrogen and oxygen atoms in total. The lowest BCUT2D eigenvalue weighted by Gasteiger charge is -2.04. The zero-order valence-electron chi connectivity index (χ0n) is 7.26. The van der Waals surface area contributed by atoms with E-state index in [1.165, 1.54) is 0 Å². The highest BCUT2D eigenvalue weighted by Gasteiger charge is 2.24. The summed E-state index contributed by atoms with van der Waals surface area (Å²) in [7, 11) is 0. The molecule has 2 rings (SSSR count). The van der Waals surface area contributed by atoms with Gasteiger partial charge in [-0.25, -0.2) is 4.98 Å². The minimum absolute atomic E-state index is 0.147. The van der Waals surface area contributed by atoms with E-state index in [-0.39, 0.29) is 11.1 Å². The Bertz CT molecular complexity index is 379. The van der Waals surface area contributed by atoms with Crippen LogP contribution in [0.1, 0.15) is 23.2 Å². The predicted molar refractivity (Wildman–Crippen MR) is 57.4 cm³/mol. The minimum Gasteiger partial charge on any atom is -0.349 e. The van der Waals surface area contributed by atoms with E-state index in [4.69, 9.17) is 11.6 Å². The van der Waals surface area contributed by atoms with Gasteiger partial charge in [-0.1, -0.05) is 11.6 Å². The first kappa shape index (κ1) is 9.93. The third-order valence-corrected chi connectivity index (χ3v) is 2.70. The number of hydrogen-bond donors (Lipinski definition) is 1. The van der Waals surface area contributed by atoms with Crippen molar-refractivity contribution in [3.8, 4) is 0 Å². The van der Waals surface area contributed by atoms with Crippen LogP contribution in [0.2, 0.25) is 5.15 Å². The molecule has 1 aromatic rings. The number of nitrogens with one attached hydrogen (secondary N) is 1. The standard InChI is InChI=1S/C9H8BrClN2O/c10-5-3-7(8(11)12-4-5)9(14)13-6-1-2-6/h3-4,6H,1-2H2,(H,13,14). The number of aromatic nitrogens is 1. The van der Waals surface area contributed by atoms with Crippen LogP contribution in [-0.4, -0.2) is 16.9 Å². The summed E-state index contributed by atoms with van der Waals surface area (Å²) < 4.78 is 0.753. The van der Waals surface area contributed by atoms with Crippen molar-refractivity contribution in [2.45, 2.75) is 18.9 Å². The lowest BCUT2D eigenvalue weighted by Crippen LogP contribution is -2.25. The summed E-state index contributed by atoms with van der Waals surface area (Å²) in [5.74, 6) is -0.147. The van der Waals surface area contributed by atoms with E-state index in [2.05, 4.69) is 26.2 Å².